The smallest absolute Gasteiger partial charge is 0.0847 e. The molecule has 3 fully saturated rings. The summed E-state index contributed by atoms with van der Waals surface area (Å²) in [6.07, 6.45) is 0.808. The van der Waals surface area contributed by atoms with E-state index < -0.39 is 0 Å². The maximum absolute atomic E-state index is 6.50. The molecule has 3 saturated heterocycles. The van der Waals surface area contributed by atoms with Gasteiger partial charge in [0, 0.05) is 57.8 Å². The predicted molar refractivity (Wildman–Crippen MR) is 81.1 cm³/mol. The molecule has 0 amide bonds. The van der Waals surface area contributed by atoms with Crippen LogP contribution in [0.5, 0.6) is 0 Å². The summed E-state index contributed by atoms with van der Waals surface area (Å²) in [7, 11) is 0. The van der Waals surface area contributed by atoms with Gasteiger partial charge in [-0.05, 0) is 13.8 Å². The molecule has 4 rings (SSSR count). The molecule has 20 heavy (non-hydrogen) atoms. The topological polar surface area (TPSA) is 50.3 Å². The van der Waals surface area contributed by atoms with E-state index in [-0.39, 0.29) is 6.04 Å². The SMILES string of the molecule is CCn1nc(C)c(Cl)c1CC(N)C1CN2CCN1CC2. The van der Waals surface area contributed by atoms with Gasteiger partial charge in [-0.2, -0.15) is 5.10 Å². The van der Waals surface area contributed by atoms with Gasteiger partial charge in [-0.25, -0.2) is 0 Å². The third-order valence-electron chi connectivity index (χ3n) is 4.70. The molecule has 0 aliphatic carbocycles. The molecule has 0 radical (unpaired) electrons. The highest BCUT2D eigenvalue weighted by Gasteiger charge is 2.35. The first-order valence-corrected chi connectivity index (χ1v) is 7.91. The van der Waals surface area contributed by atoms with Crippen molar-refractivity contribution in [2.45, 2.75) is 38.9 Å². The van der Waals surface area contributed by atoms with Crippen molar-refractivity contribution in [2.75, 3.05) is 32.7 Å². The summed E-state index contributed by atoms with van der Waals surface area (Å²) in [6.45, 7) is 10.7. The summed E-state index contributed by atoms with van der Waals surface area (Å²) in [4.78, 5) is 5.06. The Morgan fingerprint density at radius 2 is 2.05 bits per heavy atom. The zero-order valence-electron chi connectivity index (χ0n) is 12.3. The van der Waals surface area contributed by atoms with Gasteiger partial charge in [-0.15, -0.1) is 0 Å². The number of rotatable bonds is 4. The molecule has 0 aromatic carbocycles. The van der Waals surface area contributed by atoms with E-state index in [0.29, 0.717) is 6.04 Å². The largest absolute Gasteiger partial charge is 0.326 e. The molecule has 112 valence electrons. The highest BCUT2D eigenvalue weighted by Crippen LogP contribution is 2.24. The van der Waals surface area contributed by atoms with Crippen LogP contribution in [0.1, 0.15) is 18.3 Å². The van der Waals surface area contributed by atoms with Gasteiger partial charge in [0.15, 0.2) is 0 Å². The van der Waals surface area contributed by atoms with Crippen molar-refractivity contribution in [2.24, 2.45) is 5.73 Å². The van der Waals surface area contributed by atoms with E-state index >= 15 is 0 Å². The molecular weight excluding hydrogens is 274 g/mol. The Labute approximate surface area is 125 Å². The second kappa shape index (κ2) is 5.64. The van der Waals surface area contributed by atoms with Crippen molar-refractivity contribution in [3.63, 3.8) is 0 Å². The summed E-state index contributed by atoms with van der Waals surface area (Å²) < 4.78 is 1.99. The average molecular weight is 298 g/mol. The van der Waals surface area contributed by atoms with Crippen LogP contribution in [-0.2, 0) is 13.0 Å². The standard InChI is InChI=1S/C14H24ClN5/c1-3-20-12(14(15)10(2)17-20)8-11(16)13-9-18-4-6-19(13)7-5-18/h11,13H,3-9,16H2,1-2H3. The summed E-state index contributed by atoms with van der Waals surface area (Å²) in [5, 5.41) is 5.27. The average Bonchev–Trinajstić information content (AvgIpc) is 2.76. The summed E-state index contributed by atoms with van der Waals surface area (Å²) in [5.74, 6) is 0. The van der Waals surface area contributed by atoms with Gasteiger partial charge in [-0.1, -0.05) is 11.6 Å². The molecule has 6 heteroatoms. The summed E-state index contributed by atoms with van der Waals surface area (Å²) >= 11 is 6.39. The number of nitrogens with zero attached hydrogens (tertiary/aromatic N) is 4. The molecule has 0 spiro atoms. The number of halogens is 1. The number of hydrogen-bond donors (Lipinski definition) is 1. The van der Waals surface area contributed by atoms with E-state index in [4.69, 9.17) is 17.3 Å². The molecule has 0 saturated carbocycles. The molecule has 2 bridgehead atoms. The Morgan fingerprint density at radius 3 is 2.60 bits per heavy atom. The number of aryl methyl sites for hydroxylation is 2. The van der Waals surface area contributed by atoms with Crippen molar-refractivity contribution in [3.8, 4) is 0 Å². The fourth-order valence-electron chi connectivity index (χ4n) is 3.49. The lowest BCUT2D eigenvalue weighted by atomic mass is 9.97. The molecular formula is C14H24ClN5. The third-order valence-corrected chi connectivity index (χ3v) is 5.19. The Bertz CT molecular complexity index is 478. The Hall–Kier alpha value is -0.620. The van der Waals surface area contributed by atoms with Crippen LogP contribution in [0.3, 0.4) is 0 Å². The highest BCUT2D eigenvalue weighted by molar-refractivity contribution is 6.31. The van der Waals surface area contributed by atoms with Gasteiger partial charge in [-0.3, -0.25) is 14.5 Å². The lowest BCUT2D eigenvalue weighted by Gasteiger charge is -2.49. The fourth-order valence-corrected chi connectivity index (χ4v) is 3.70. The molecule has 3 aliphatic heterocycles. The van der Waals surface area contributed by atoms with E-state index in [1.165, 1.54) is 13.1 Å². The van der Waals surface area contributed by atoms with Gasteiger partial charge in [0.2, 0.25) is 0 Å². The fraction of sp³-hybridized carbons (Fsp3) is 0.786. The summed E-state index contributed by atoms with van der Waals surface area (Å²) in [5.41, 5.74) is 8.50. The first kappa shape index (κ1) is 14.3. The van der Waals surface area contributed by atoms with Gasteiger partial charge in [0.25, 0.3) is 0 Å². The normalized spacial score (nSPS) is 30.7. The number of fused-ring (bicyclic) bond motifs is 3. The van der Waals surface area contributed by atoms with Gasteiger partial charge in [0.1, 0.15) is 0 Å². The zero-order chi connectivity index (χ0) is 14.3. The van der Waals surface area contributed by atoms with Gasteiger partial charge in [0.05, 0.1) is 16.4 Å². The maximum Gasteiger partial charge on any atom is 0.0847 e. The van der Waals surface area contributed by atoms with Crippen LogP contribution in [0.4, 0.5) is 0 Å². The second-order valence-electron chi connectivity index (χ2n) is 5.93. The van der Waals surface area contributed by atoms with Crippen LogP contribution in [0.2, 0.25) is 5.02 Å². The second-order valence-corrected chi connectivity index (χ2v) is 6.31. The minimum Gasteiger partial charge on any atom is -0.326 e. The molecule has 1 aromatic rings. The Balaban J connectivity index is 1.74. The lowest BCUT2D eigenvalue weighted by Crippen LogP contribution is -2.66. The van der Waals surface area contributed by atoms with E-state index in [9.17, 15) is 0 Å². The molecule has 3 aliphatic rings. The lowest BCUT2D eigenvalue weighted by molar-refractivity contribution is 0.00235. The Morgan fingerprint density at radius 1 is 1.35 bits per heavy atom. The van der Waals surface area contributed by atoms with Crippen molar-refractivity contribution in [1.29, 1.82) is 0 Å². The van der Waals surface area contributed by atoms with Crippen molar-refractivity contribution < 1.29 is 0 Å². The van der Waals surface area contributed by atoms with Gasteiger partial charge >= 0.3 is 0 Å². The molecule has 2 atom stereocenters. The van der Waals surface area contributed by atoms with Crippen LogP contribution in [0, 0.1) is 6.92 Å². The quantitative estimate of drug-likeness (QED) is 0.890. The number of hydrogen-bond acceptors (Lipinski definition) is 4. The van der Waals surface area contributed by atoms with Crippen molar-refractivity contribution in [3.05, 3.63) is 16.4 Å². The number of aromatic nitrogens is 2. The van der Waals surface area contributed by atoms with Crippen molar-refractivity contribution >= 4 is 11.6 Å². The van der Waals surface area contributed by atoms with Crippen LogP contribution in [0.15, 0.2) is 0 Å². The van der Waals surface area contributed by atoms with E-state index in [1.54, 1.807) is 0 Å². The number of nitrogens with two attached hydrogens (primary N) is 1. The maximum atomic E-state index is 6.50. The van der Waals surface area contributed by atoms with Crippen LogP contribution in [-0.4, -0.2) is 64.4 Å². The van der Waals surface area contributed by atoms with Crippen LogP contribution in [0.25, 0.3) is 0 Å². The molecule has 5 nitrogen and oxygen atoms in total. The Kier molecular flexibility index (Phi) is 4.04. The minimum atomic E-state index is 0.122. The molecule has 2 N–H and O–H groups in total. The first-order chi connectivity index (χ1) is 9.60. The van der Waals surface area contributed by atoms with Crippen LogP contribution < -0.4 is 5.73 Å². The molecule has 2 unspecified atom stereocenters. The van der Waals surface area contributed by atoms with Gasteiger partial charge < -0.3 is 5.73 Å². The van der Waals surface area contributed by atoms with Crippen molar-refractivity contribution in [1.82, 2.24) is 19.6 Å². The number of piperazine rings is 3. The van der Waals surface area contributed by atoms with E-state index in [2.05, 4.69) is 21.8 Å². The third kappa shape index (κ3) is 2.48. The zero-order valence-corrected chi connectivity index (χ0v) is 13.1. The molecule has 4 heterocycles. The van der Waals surface area contributed by atoms with E-state index in [1.807, 2.05) is 11.6 Å². The molecule has 1 aromatic heterocycles. The summed E-state index contributed by atoms with van der Waals surface area (Å²) in [6, 6.07) is 0.575. The van der Waals surface area contributed by atoms with Crippen LogP contribution >= 0.6 is 11.6 Å². The highest BCUT2D eigenvalue weighted by atomic mass is 35.5. The monoisotopic (exact) mass is 297 g/mol. The minimum absolute atomic E-state index is 0.122. The first-order valence-electron chi connectivity index (χ1n) is 7.54. The van der Waals surface area contributed by atoms with E-state index in [0.717, 1.165) is 49.0 Å². The predicted octanol–water partition coefficient (Wildman–Crippen LogP) is 0.734.